The molecule has 1 aromatic carbocycles. The number of nitrogens with zero attached hydrogens (tertiary/aromatic N) is 6. The van der Waals surface area contributed by atoms with Crippen LogP contribution in [0.25, 0.3) is 0 Å². The molecule has 3 aromatic rings. The van der Waals surface area contributed by atoms with Gasteiger partial charge in [-0.05, 0) is 63.9 Å². The maximum atomic E-state index is 13.8. The van der Waals surface area contributed by atoms with Crippen LogP contribution in [-0.4, -0.2) is 68.6 Å². The van der Waals surface area contributed by atoms with Crippen molar-refractivity contribution in [2.75, 3.05) is 36.0 Å². The third kappa shape index (κ3) is 4.88. The summed E-state index contributed by atoms with van der Waals surface area (Å²) in [6.45, 7) is 15.5. The number of hydrogen-bond acceptors (Lipinski definition) is 7. The molecule has 41 heavy (non-hydrogen) atoms. The number of carbonyl (C=O) groups is 2. The van der Waals surface area contributed by atoms with E-state index in [9.17, 15) is 19.1 Å². The fraction of sp³-hybridized carbons (Fsp3) is 0.433. The van der Waals surface area contributed by atoms with Crippen molar-refractivity contribution < 1.29 is 19.1 Å². The molecule has 1 saturated heterocycles. The van der Waals surface area contributed by atoms with E-state index in [1.165, 1.54) is 12.3 Å². The molecule has 0 saturated carbocycles. The topological polar surface area (TPSA) is 103 Å². The van der Waals surface area contributed by atoms with Crippen LogP contribution >= 0.6 is 11.6 Å². The van der Waals surface area contributed by atoms with E-state index in [1.54, 1.807) is 19.1 Å². The first kappa shape index (κ1) is 28.7. The Kier molecular flexibility index (Phi) is 6.96. The summed E-state index contributed by atoms with van der Waals surface area (Å²) in [6.07, 6.45) is 1.51. The predicted octanol–water partition coefficient (Wildman–Crippen LogP) is 5.46. The zero-order chi connectivity index (χ0) is 30.0. The average molecular weight is 581 g/mol. The summed E-state index contributed by atoms with van der Waals surface area (Å²) in [6, 6.07) is 4.55. The van der Waals surface area contributed by atoms with Crippen molar-refractivity contribution >= 4 is 40.8 Å². The van der Waals surface area contributed by atoms with Gasteiger partial charge in [-0.3, -0.25) is 4.79 Å². The molecule has 0 atom stereocenters. The van der Waals surface area contributed by atoms with Gasteiger partial charge in [0.25, 0.3) is 5.91 Å². The molecule has 216 valence electrons. The van der Waals surface area contributed by atoms with E-state index in [4.69, 9.17) is 16.6 Å². The number of anilines is 3. The summed E-state index contributed by atoms with van der Waals surface area (Å²) < 4.78 is 13.8. The van der Waals surface area contributed by atoms with Crippen LogP contribution in [-0.2, 0) is 5.41 Å². The second kappa shape index (κ2) is 9.94. The number of carbonyl (C=O) groups excluding carboxylic acids is 1. The van der Waals surface area contributed by atoms with Crippen LogP contribution in [0.3, 0.4) is 0 Å². The number of aromatic carboxylic acids is 1. The summed E-state index contributed by atoms with van der Waals surface area (Å²) in [5.41, 5.74) is 2.93. The van der Waals surface area contributed by atoms with E-state index in [-0.39, 0.29) is 22.2 Å². The van der Waals surface area contributed by atoms with Gasteiger partial charge in [0.1, 0.15) is 17.3 Å². The number of hydrogen-bond donors (Lipinski definition) is 1. The quantitative estimate of drug-likeness (QED) is 0.434. The zero-order valence-corrected chi connectivity index (χ0v) is 25.1. The van der Waals surface area contributed by atoms with E-state index in [2.05, 4.69) is 14.9 Å². The zero-order valence-electron chi connectivity index (χ0n) is 24.3. The molecule has 1 N–H and O–H groups in total. The number of rotatable bonds is 4. The lowest BCUT2D eigenvalue weighted by Gasteiger charge is -2.47. The van der Waals surface area contributed by atoms with Crippen LogP contribution in [0.15, 0.2) is 24.4 Å². The number of carboxylic acids is 1. The SMILES string of the molecule is Cc1nc(N2CCN(C(=O)c3cnc4c(n3)C(C)(C)CN4c3ccc(F)c(Cl)c3)C(C)(C)C2)c(C)c(C)c1C(=O)O. The van der Waals surface area contributed by atoms with Crippen molar-refractivity contribution in [1.82, 2.24) is 19.9 Å². The third-order valence-corrected chi connectivity index (χ3v) is 8.50. The number of benzene rings is 1. The maximum absolute atomic E-state index is 13.8. The smallest absolute Gasteiger partial charge is 0.337 e. The minimum Gasteiger partial charge on any atom is -0.478 e. The average Bonchev–Trinajstić information content (AvgIpc) is 3.16. The van der Waals surface area contributed by atoms with Gasteiger partial charge in [-0.1, -0.05) is 25.4 Å². The molecule has 0 aliphatic carbocycles. The summed E-state index contributed by atoms with van der Waals surface area (Å²) in [7, 11) is 0. The van der Waals surface area contributed by atoms with Crippen molar-refractivity contribution in [3.8, 4) is 0 Å². The molecule has 2 aromatic heterocycles. The van der Waals surface area contributed by atoms with Crippen LogP contribution in [0.4, 0.5) is 21.7 Å². The molecule has 0 bridgehead atoms. The second-order valence-electron chi connectivity index (χ2n) is 12.1. The summed E-state index contributed by atoms with van der Waals surface area (Å²) in [5.74, 6) is -0.318. The first-order chi connectivity index (χ1) is 19.1. The Morgan fingerprint density at radius 1 is 1.00 bits per heavy atom. The highest BCUT2D eigenvalue weighted by Crippen LogP contribution is 2.42. The van der Waals surface area contributed by atoms with Crippen LogP contribution in [0.2, 0.25) is 5.02 Å². The van der Waals surface area contributed by atoms with Gasteiger partial charge in [0.15, 0.2) is 5.82 Å². The van der Waals surface area contributed by atoms with Crippen molar-refractivity contribution in [3.05, 3.63) is 69.0 Å². The van der Waals surface area contributed by atoms with E-state index in [0.29, 0.717) is 54.6 Å². The first-order valence-corrected chi connectivity index (χ1v) is 13.9. The molecule has 0 unspecified atom stereocenters. The van der Waals surface area contributed by atoms with E-state index in [0.717, 1.165) is 11.4 Å². The highest BCUT2D eigenvalue weighted by molar-refractivity contribution is 6.31. The number of pyridine rings is 1. The van der Waals surface area contributed by atoms with Crippen LogP contribution in [0.1, 0.15) is 71.1 Å². The van der Waals surface area contributed by atoms with Gasteiger partial charge in [-0.15, -0.1) is 0 Å². The number of amides is 1. The number of halogens is 2. The largest absolute Gasteiger partial charge is 0.478 e. The Labute approximate surface area is 244 Å². The fourth-order valence-corrected chi connectivity index (χ4v) is 6.12. The Morgan fingerprint density at radius 3 is 2.34 bits per heavy atom. The van der Waals surface area contributed by atoms with Gasteiger partial charge < -0.3 is 19.8 Å². The molecule has 5 rings (SSSR count). The lowest BCUT2D eigenvalue weighted by Crippen LogP contribution is -2.61. The predicted molar refractivity (Wildman–Crippen MR) is 156 cm³/mol. The summed E-state index contributed by atoms with van der Waals surface area (Å²) in [4.78, 5) is 45.6. The Balaban J connectivity index is 1.41. The van der Waals surface area contributed by atoms with Crippen LogP contribution < -0.4 is 9.80 Å². The molecule has 0 spiro atoms. The van der Waals surface area contributed by atoms with E-state index >= 15 is 0 Å². The van der Waals surface area contributed by atoms with Crippen molar-refractivity contribution in [2.24, 2.45) is 0 Å². The molecule has 1 amide bonds. The first-order valence-electron chi connectivity index (χ1n) is 13.5. The Bertz CT molecular complexity index is 1590. The molecular weight excluding hydrogens is 547 g/mol. The highest BCUT2D eigenvalue weighted by Gasteiger charge is 2.42. The van der Waals surface area contributed by atoms with Crippen molar-refractivity contribution in [1.29, 1.82) is 0 Å². The molecule has 4 heterocycles. The van der Waals surface area contributed by atoms with Gasteiger partial charge in [-0.25, -0.2) is 24.1 Å². The minimum absolute atomic E-state index is 0.0310. The van der Waals surface area contributed by atoms with Gasteiger partial charge >= 0.3 is 5.97 Å². The van der Waals surface area contributed by atoms with Gasteiger partial charge in [0.05, 0.1) is 33.7 Å². The number of aromatic nitrogens is 3. The lowest BCUT2D eigenvalue weighted by molar-refractivity contribution is 0.0505. The summed E-state index contributed by atoms with van der Waals surface area (Å²) in [5, 5.41) is 9.64. The molecule has 0 radical (unpaired) electrons. The monoisotopic (exact) mass is 580 g/mol. The molecule has 9 nitrogen and oxygen atoms in total. The standard InChI is InChI=1S/C30H34ClFN6O3/c1-16-17(2)25(34-18(3)23(16)28(40)41)36-10-11-38(30(6,7)15-36)27(39)22-13-33-26-24(35-22)29(4,5)14-37(26)19-8-9-21(32)20(31)12-19/h8-9,12-13H,10-11,14-15H2,1-7H3,(H,40,41). The Morgan fingerprint density at radius 2 is 1.71 bits per heavy atom. The maximum Gasteiger partial charge on any atom is 0.337 e. The number of carboxylic acid groups (broad SMARTS) is 1. The number of fused-ring (bicyclic) bond motifs is 1. The van der Waals surface area contributed by atoms with Crippen LogP contribution in [0, 0.1) is 26.6 Å². The molecule has 2 aliphatic rings. The van der Waals surface area contributed by atoms with Crippen LogP contribution in [0.5, 0.6) is 0 Å². The van der Waals surface area contributed by atoms with Crippen molar-refractivity contribution in [3.63, 3.8) is 0 Å². The van der Waals surface area contributed by atoms with Gasteiger partial charge in [0, 0.05) is 37.3 Å². The molecule has 11 heteroatoms. The fourth-order valence-electron chi connectivity index (χ4n) is 5.95. The van der Waals surface area contributed by atoms with E-state index < -0.39 is 22.7 Å². The molecular formula is C30H34ClFN6O3. The summed E-state index contributed by atoms with van der Waals surface area (Å²) >= 11 is 6.04. The molecule has 2 aliphatic heterocycles. The number of piperazine rings is 1. The van der Waals surface area contributed by atoms with E-state index in [1.807, 2.05) is 51.3 Å². The second-order valence-corrected chi connectivity index (χ2v) is 12.5. The number of aryl methyl sites for hydroxylation is 1. The minimum atomic E-state index is -0.985. The van der Waals surface area contributed by atoms with Crippen molar-refractivity contribution in [2.45, 2.75) is 59.4 Å². The van der Waals surface area contributed by atoms with Gasteiger partial charge in [0.2, 0.25) is 0 Å². The Hall–Kier alpha value is -3.79. The molecule has 1 fully saturated rings. The van der Waals surface area contributed by atoms with Gasteiger partial charge in [-0.2, -0.15) is 0 Å². The highest BCUT2D eigenvalue weighted by atomic mass is 35.5. The normalized spacial score (nSPS) is 17.5. The lowest BCUT2D eigenvalue weighted by atomic mass is 9.92. The third-order valence-electron chi connectivity index (χ3n) is 8.21.